The lowest BCUT2D eigenvalue weighted by Crippen LogP contribution is -2.16. The van der Waals surface area contributed by atoms with E-state index in [9.17, 15) is 4.79 Å². The molecule has 3 heteroatoms. The number of H-pyrrole nitrogens is 1. The summed E-state index contributed by atoms with van der Waals surface area (Å²) in [6, 6.07) is 1.89. The van der Waals surface area contributed by atoms with E-state index in [-0.39, 0.29) is 5.97 Å². The number of hydrogen-bond donors (Lipinski definition) is 0. The number of allylic oxidation sites excluding steroid dienone is 1. The van der Waals surface area contributed by atoms with Gasteiger partial charge in [0, 0.05) is 11.6 Å². The predicted molar refractivity (Wildman–Crippen MR) is 51.7 cm³/mol. The Morgan fingerprint density at radius 3 is 3.21 bits per heavy atom. The second-order valence-corrected chi connectivity index (χ2v) is 3.26. The van der Waals surface area contributed by atoms with E-state index >= 15 is 0 Å². The number of aryl methyl sites for hydroxylation is 1. The normalized spacial score (nSPS) is 13.5. The summed E-state index contributed by atoms with van der Waals surface area (Å²) in [5.74, 6) is -0.293. The van der Waals surface area contributed by atoms with Gasteiger partial charge in [0.05, 0.1) is 7.11 Å². The van der Waals surface area contributed by atoms with E-state index in [1.54, 1.807) is 6.20 Å². The summed E-state index contributed by atoms with van der Waals surface area (Å²) in [6.07, 6.45) is 7.86. The fourth-order valence-electron chi connectivity index (χ4n) is 1.59. The van der Waals surface area contributed by atoms with Crippen LogP contribution in [-0.4, -0.2) is 13.1 Å². The Kier molecular flexibility index (Phi) is 2.31. The van der Waals surface area contributed by atoms with Crippen molar-refractivity contribution >= 4 is 12.0 Å². The summed E-state index contributed by atoms with van der Waals surface area (Å²) in [7, 11) is 1.39. The molecule has 1 aliphatic rings. The minimum absolute atomic E-state index is 0.293. The molecule has 1 aromatic heterocycles. The third kappa shape index (κ3) is 1.53. The molecular weight excluding hydrogens is 178 g/mol. The molecule has 0 spiro atoms. The van der Waals surface area contributed by atoms with Crippen molar-refractivity contribution in [3.05, 3.63) is 35.2 Å². The number of nitrogens with one attached hydrogen (secondary N) is 1. The van der Waals surface area contributed by atoms with Crippen LogP contribution in [0.2, 0.25) is 0 Å². The molecule has 0 unspecified atom stereocenters. The van der Waals surface area contributed by atoms with Gasteiger partial charge < -0.3 is 4.74 Å². The number of aromatic amines is 1. The van der Waals surface area contributed by atoms with Gasteiger partial charge in [0.2, 0.25) is 5.69 Å². The number of fused-ring (bicyclic) bond motifs is 1. The van der Waals surface area contributed by atoms with E-state index in [2.05, 4.69) is 15.8 Å². The first-order valence-electron chi connectivity index (χ1n) is 4.61. The van der Waals surface area contributed by atoms with Gasteiger partial charge in [-0.1, -0.05) is 6.08 Å². The lowest BCUT2D eigenvalue weighted by molar-refractivity contribution is -0.382. The zero-order valence-corrected chi connectivity index (χ0v) is 8.04. The maximum absolute atomic E-state index is 11.2. The predicted octanol–water partition coefficient (Wildman–Crippen LogP) is 1.25. The quantitative estimate of drug-likeness (QED) is 0.625. The average molecular weight is 190 g/mol. The van der Waals surface area contributed by atoms with Crippen LogP contribution >= 0.6 is 0 Å². The zero-order valence-electron chi connectivity index (χ0n) is 8.04. The van der Waals surface area contributed by atoms with Crippen LogP contribution < -0.4 is 4.98 Å². The monoisotopic (exact) mass is 190 g/mol. The van der Waals surface area contributed by atoms with Crippen LogP contribution in [0.25, 0.3) is 6.08 Å². The molecule has 14 heavy (non-hydrogen) atoms. The molecule has 1 aromatic rings. The summed E-state index contributed by atoms with van der Waals surface area (Å²) in [6.45, 7) is 0. The van der Waals surface area contributed by atoms with Crippen molar-refractivity contribution in [2.24, 2.45) is 0 Å². The minimum Gasteiger partial charge on any atom is -0.465 e. The Labute approximate surface area is 82.4 Å². The highest BCUT2D eigenvalue weighted by atomic mass is 16.5. The smallest absolute Gasteiger partial charge is 0.343 e. The van der Waals surface area contributed by atoms with Gasteiger partial charge in [0.15, 0.2) is 6.20 Å². The van der Waals surface area contributed by atoms with Crippen LogP contribution in [0, 0.1) is 0 Å². The first-order valence-corrected chi connectivity index (χ1v) is 4.61. The van der Waals surface area contributed by atoms with Crippen molar-refractivity contribution in [3.63, 3.8) is 0 Å². The number of aromatic nitrogens is 1. The molecule has 0 amide bonds. The molecule has 0 saturated carbocycles. The first kappa shape index (κ1) is 8.94. The number of carbonyl (C=O) groups is 1. The molecule has 0 aromatic carbocycles. The van der Waals surface area contributed by atoms with Crippen LogP contribution in [0.5, 0.6) is 0 Å². The standard InChI is InChI=1S/C11H11NO2/c1-14-11(13)9-6-8-4-2-3-5-10(8)12-7-9/h3,5-7H,2,4H2,1H3/p+1. The number of rotatable bonds is 1. The molecule has 1 aliphatic carbocycles. The highest BCUT2D eigenvalue weighted by Gasteiger charge is 2.15. The summed E-state index contributed by atoms with van der Waals surface area (Å²) < 4.78 is 4.65. The van der Waals surface area contributed by atoms with Gasteiger partial charge in [-0.05, 0) is 18.9 Å². The zero-order chi connectivity index (χ0) is 9.97. The lowest BCUT2D eigenvalue weighted by atomic mass is 10.0. The van der Waals surface area contributed by atoms with E-state index in [4.69, 9.17) is 0 Å². The average Bonchev–Trinajstić information content (AvgIpc) is 2.27. The van der Waals surface area contributed by atoms with Crippen molar-refractivity contribution in [3.8, 4) is 0 Å². The molecule has 0 aliphatic heterocycles. The summed E-state index contributed by atoms with van der Waals surface area (Å²) in [5, 5.41) is 0. The Bertz CT molecular complexity index is 396. The Morgan fingerprint density at radius 2 is 2.43 bits per heavy atom. The topological polar surface area (TPSA) is 40.4 Å². The molecule has 3 nitrogen and oxygen atoms in total. The van der Waals surface area contributed by atoms with E-state index in [1.165, 1.54) is 12.7 Å². The molecule has 2 rings (SSSR count). The van der Waals surface area contributed by atoms with Crippen LogP contribution in [0.1, 0.15) is 28.0 Å². The largest absolute Gasteiger partial charge is 0.465 e. The van der Waals surface area contributed by atoms with Crippen LogP contribution in [0.4, 0.5) is 0 Å². The lowest BCUT2D eigenvalue weighted by Gasteiger charge is -2.05. The molecule has 0 radical (unpaired) electrons. The molecule has 72 valence electrons. The van der Waals surface area contributed by atoms with Gasteiger partial charge in [-0.25, -0.2) is 9.78 Å². The third-order valence-electron chi connectivity index (χ3n) is 2.34. The number of hydrogen-bond acceptors (Lipinski definition) is 2. The molecule has 0 fully saturated rings. The van der Waals surface area contributed by atoms with Crippen LogP contribution in [0.3, 0.4) is 0 Å². The fourth-order valence-corrected chi connectivity index (χ4v) is 1.59. The second kappa shape index (κ2) is 3.62. The molecular formula is C11H12NO2+. The van der Waals surface area contributed by atoms with Crippen LogP contribution in [0.15, 0.2) is 18.3 Å². The summed E-state index contributed by atoms with van der Waals surface area (Å²) in [5.41, 5.74) is 2.85. The summed E-state index contributed by atoms with van der Waals surface area (Å²) >= 11 is 0. The molecule has 1 heterocycles. The highest BCUT2D eigenvalue weighted by Crippen LogP contribution is 2.15. The molecule has 1 N–H and O–H groups in total. The molecule has 0 atom stereocenters. The van der Waals surface area contributed by atoms with Gasteiger partial charge in [-0.2, -0.15) is 0 Å². The number of carbonyl (C=O) groups excluding carboxylic acids is 1. The number of esters is 1. The minimum atomic E-state index is -0.293. The van der Waals surface area contributed by atoms with Crippen molar-refractivity contribution in [1.29, 1.82) is 0 Å². The van der Waals surface area contributed by atoms with E-state index in [1.807, 2.05) is 12.1 Å². The van der Waals surface area contributed by atoms with Crippen molar-refractivity contribution in [2.45, 2.75) is 12.8 Å². The van der Waals surface area contributed by atoms with Gasteiger partial charge in [0.25, 0.3) is 0 Å². The van der Waals surface area contributed by atoms with Crippen molar-refractivity contribution in [1.82, 2.24) is 0 Å². The fraction of sp³-hybridized carbons (Fsp3) is 0.273. The molecule has 0 saturated heterocycles. The third-order valence-corrected chi connectivity index (χ3v) is 2.34. The van der Waals surface area contributed by atoms with Gasteiger partial charge in [-0.3, -0.25) is 0 Å². The number of pyridine rings is 1. The van der Waals surface area contributed by atoms with E-state index in [0.29, 0.717) is 5.56 Å². The molecule has 0 bridgehead atoms. The van der Waals surface area contributed by atoms with Gasteiger partial charge in [0.1, 0.15) is 5.56 Å². The summed E-state index contributed by atoms with van der Waals surface area (Å²) in [4.78, 5) is 14.3. The highest BCUT2D eigenvalue weighted by molar-refractivity contribution is 5.89. The Balaban J connectivity index is 2.39. The number of methoxy groups -OCH3 is 1. The maximum Gasteiger partial charge on any atom is 0.343 e. The van der Waals surface area contributed by atoms with E-state index in [0.717, 1.165) is 18.5 Å². The Morgan fingerprint density at radius 1 is 1.57 bits per heavy atom. The van der Waals surface area contributed by atoms with Crippen LogP contribution in [-0.2, 0) is 11.2 Å². The van der Waals surface area contributed by atoms with Gasteiger partial charge >= 0.3 is 5.97 Å². The van der Waals surface area contributed by atoms with Crippen molar-refractivity contribution in [2.75, 3.05) is 7.11 Å². The Hall–Kier alpha value is -1.64. The second-order valence-electron chi connectivity index (χ2n) is 3.26. The van der Waals surface area contributed by atoms with Crippen molar-refractivity contribution < 1.29 is 14.5 Å². The SMILES string of the molecule is COC(=O)c1c[nH+]c2c(c1)CCC=C2. The van der Waals surface area contributed by atoms with Gasteiger partial charge in [-0.15, -0.1) is 0 Å². The maximum atomic E-state index is 11.2. The first-order chi connectivity index (χ1) is 6.81. The van der Waals surface area contributed by atoms with E-state index < -0.39 is 0 Å². The number of ether oxygens (including phenoxy) is 1.